The van der Waals surface area contributed by atoms with Crippen molar-refractivity contribution in [1.29, 1.82) is 0 Å². The second-order valence-electron chi connectivity index (χ2n) is 6.15. The van der Waals surface area contributed by atoms with Crippen LogP contribution in [0, 0.1) is 5.92 Å². The van der Waals surface area contributed by atoms with Gasteiger partial charge < -0.3 is 0 Å². The fourth-order valence-electron chi connectivity index (χ4n) is 3.19. The first-order valence-corrected chi connectivity index (χ1v) is 7.92. The third-order valence-corrected chi connectivity index (χ3v) is 4.71. The van der Waals surface area contributed by atoms with Gasteiger partial charge in [0.2, 0.25) is 0 Å². The molecular weight excluding hydrogens is 206 g/mol. The Morgan fingerprint density at radius 3 is 2.35 bits per heavy atom. The topological polar surface area (TPSA) is 3.24 Å². The summed E-state index contributed by atoms with van der Waals surface area (Å²) in [7, 11) is 0. The van der Waals surface area contributed by atoms with E-state index in [2.05, 4.69) is 32.6 Å². The fraction of sp³-hybridized carbons (Fsp3) is 1.00. The van der Waals surface area contributed by atoms with E-state index in [1.165, 1.54) is 57.9 Å². The quantitative estimate of drug-likeness (QED) is 0.599. The molecule has 3 unspecified atom stereocenters. The average molecular weight is 239 g/mol. The van der Waals surface area contributed by atoms with Gasteiger partial charge in [0.05, 0.1) is 0 Å². The molecule has 1 heterocycles. The summed E-state index contributed by atoms with van der Waals surface area (Å²) in [5.74, 6) is 0.885. The Balaban J connectivity index is 2.31. The average Bonchev–Trinajstić information content (AvgIpc) is 2.42. The van der Waals surface area contributed by atoms with E-state index < -0.39 is 0 Å². The van der Waals surface area contributed by atoms with Crippen LogP contribution in [-0.2, 0) is 0 Å². The van der Waals surface area contributed by atoms with Crippen molar-refractivity contribution in [1.82, 2.24) is 4.90 Å². The molecule has 1 aliphatic rings. The molecule has 0 bridgehead atoms. The van der Waals surface area contributed by atoms with Crippen LogP contribution in [0.25, 0.3) is 0 Å². The zero-order valence-electron chi connectivity index (χ0n) is 12.5. The molecule has 0 aromatic heterocycles. The summed E-state index contributed by atoms with van der Waals surface area (Å²) >= 11 is 0. The predicted molar refractivity (Wildman–Crippen MR) is 77.4 cm³/mol. The van der Waals surface area contributed by atoms with Crippen molar-refractivity contribution in [3.05, 3.63) is 0 Å². The summed E-state index contributed by atoms with van der Waals surface area (Å²) in [5.41, 5.74) is 0. The van der Waals surface area contributed by atoms with Gasteiger partial charge in [0.25, 0.3) is 0 Å². The van der Waals surface area contributed by atoms with Gasteiger partial charge in [-0.2, -0.15) is 0 Å². The van der Waals surface area contributed by atoms with Crippen molar-refractivity contribution in [2.45, 2.75) is 91.1 Å². The highest BCUT2D eigenvalue weighted by Gasteiger charge is 2.26. The van der Waals surface area contributed by atoms with Crippen molar-refractivity contribution in [2.24, 2.45) is 5.92 Å². The van der Waals surface area contributed by atoms with E-state index in [0.29, 0.717) is 0 Å². The Morgan fingerprint density at radius 2 is 1.65 bits per heavy atom. The van der Waals surface area contributed by atoms with Gasteiger partial charge in [0, 0.05) is 12.1 Å². The molecule has 1 nitrogen and oxygen atoms in total. The minimum Gasteiger partial charge on any atom is -0.298 e. The van der Waals surface area contributed by atoms with Gasteiger partial charge in [0.15, 0.2) is 0 Å². The normalized spacial score (nSPS) is 31.4. The van der Waals surface area contributed by atoms with Gasteiger partial charge in [-0.05, 0) is 45.6 Å². The van der Waals surface area contributed by atoms with Crippen LogP contribution in [0.15, 0.2) is 0 Å². The lowest BCUT2D eigenvalue weighted by atomic mass is 9.98. The standard InChI is InChI=1S/C16H33N/c1-5-6-7-8-9-13-17-15(3)12-10-11-14(2)16(17)4/h14-16H,5-13H2,1-4H3. The van der Waals surface area contributed by atoms with Crippen LogP contribution in [0.4, 0.5) is 0 Å². The molecule has 0 spiro atoms. The minimum absolute atomic E-state index is 0.790. The molecule has 0 amide bonds. The molecule has 1 saturated heterocycles. The van der Waals surface area contributed by atoms with Gasteiger partial charge in [-0.15, -0.1) is 0 Å². The molecule has 0 radical (unpaired) electrons. The van der Waals surface area contributed by atoms with E-state index in [9.17, 15) is 0 Å². The maximum atomic E-state index is 2.78. The maximum absolute atomic E-state index is 2.78. The van der Waals surface area contributed by atoms with E-state index >= 15 is 0 Å². The summed E-state index contributed by atoms with van der Waals surface area (Å²) in [5, 5.41) is 0. The lowest BCUT2D eigenvalue weighted by Gasteiger charge is -2.35. The first-order valence-electron chi connectivity index (χ1n) is 7.92. The van der Waals surface area contributed by atoms with E-state index in [4.69, 9.17) is 0 Å². The summed E-state index contributed by atoms with van der Waals surface area (Å²) in [6, 6.07) is 1.60. The van der Waals surface area contributed by atoms with Crippen molar-refractivity contribution in [2.75, 3.05) is 6.54 Å². The van der Waals surface area contributed by atoms with Gasteiger partial charge in [-0.3, -0.25) is 4.90 Å². The van der Waals surface area contributed by atoms with Gasteiger partial charge in [-0.25, -0.2) is 0 Å². The Morgan fingerprint density at radius 1 is 0.941 bits per heavy atom. The number of unbranched alkanes of at least 4 members (excludes halogenated alkanes) is 4. The molecule has 3 atom stereocenters. The number of nitrogens with zero attached hydrogens (tertiary/aromatic N) is 1. The van der Waals surface area contributed by atoms with E-state index in [0.717, 1.165) is 18.0 Å². The van der Waals surface area contributed by atoms with Crippen LogP contribution in [-0.4, -0.2) is 23.5 Å². The largest absolute Gasteiger partial charge is 0.298 e. The Labute approximate surface area is 109 Å². The van der Waals surface area contributed by atoms with Crippen LogP contribution in [0.2, 0.25) is 0 Å². The summed E-state index contributed by atoms with van der Waals surface area (Å²) in [6.07, 6.45) is 11.3. The van der Waals surface area contributed by atoms with Crippen molar-refractivity contribution < 1.29 is 0 Å². The third kappa shape index (κ3) is 4.99. The molecule has 0 aromatic rings. The molecule has 0 aliphatic carbocycles. The molecule has 1 aliphatic heterocycles. The van der Waals surface area contributed by atoms with E-state index in [-0.39, 0.29) is 0 Å². The van der Waals surface area contributed by atoms with Gasteiger partial charge in [0.1, 0.15) is 0 Å². The monoisotopic (exact) mass is 239 g/mol. The van der Waals surface area contributed by atoms with Crippen molar-refractivity contribution in [3.8, 4) is 0 Å². The minimum atomic E-state index is 0.790. The molecule has 102 valence electrons. The first-order chi connectivity index (χ1) is 8.16. The highest BCUT2D eigenvalue weighted by Crippen LogP contribution is 2.26. The molecular formula is C16H33N. The first kappa shape index (κ1) is 15.0. The molecule has 1 heteroatoms. The molecule has 17 heavy (non-hydrogen) atoms. The Kier molecular flexibility index (Phi) is 7.18. The number of likely N-dealkylation sites (tertiary alicyclic amines) is 1. The van der Waals surface area contributed by atoms with Crippen LogP contribution in [0.3, 0.4) is 0 Å². The summed E-state index contributed by atoms with van der Waals surface area (Å²) in [6.45, 7) is 10.9. The zero-order valence-corrected chi connectivity index (χ0v) is 12.5. The number of rotatable bonds is 6. The maximum Gasteiger partial charge on any atom is 0.00953 e. The highest BCUT2D eigenvalue weighted by molar-refractivity contribution is 4.81. The Hall–Kier alpha value is -0.0400. The lowest BCUT2D eigenvalue weighted by Crippen LogP contribution is -2.42. The number of hydrogen-bond acceptors (Lipinski definition) is 1. The third-order valence-electron chi connectivity index (χ3n) is 4.71. The highest BCUT2D eigenvalue weighted by atomic mass is 15.2. The van der Waals surface area contributed by atoms with E-state index in [1.807, 2.05) is 0 Å². The van der Waals surface area contributed by atoms with Crippen LogP contribution in [0.5, 0.6) is 0 Å². The molecule has 0 aromatic carbocycles. The zero-order chi connectivity index (χ0) is 12.7. The molecule has 1 rings (SSSR count). The van der Waals surface area contributed by atoms with Gasteiger partial charge in [-0.1, -0.05) is 46.0 Å². The number of hydrogen-bond donors (Lipinski definition) is 0. The smallest absolute Gasteiger partial charge is 0.00953 e. The predicted octanol–water partition coefficient (Wildman–Crippen LogP) is 4.86. The molecule has 1 fully saturated rings. The molecule has 0 saturated carbocycles. The lowest BCUT2D eigenvalue weighted by molar-refractivity contribution is 0.126. The SMILES string of the molecule is CCCCCCCN1C(C)CCCC(C)C1C. The van der Waals surface area contributed by atoms with Crippen LogP contribution >= 0.6 is 0 Å². The van der Waals surface area contributed by atoms with E-state index in [1.54, 1.807) is 0 Å². The van der Waals surface area contributed by atoms with Crippen molar-refractivity contribution >= 4 is 0 Å². The van der Waals surface area contributed by atoms with Crippen molar-refractivity contribution in [3.63, 3.8) is 0 Å². The second-order valence-corrected chi connectivity index (χ2v) is 6.15. The fourth-order valence-corrected chi connectivity index (χ4v) is 3.19. The second kappa shape index (κ2) is 8.13. The van der Waals surface area contributed by atoms with Gasteiger partial charge >= 0.3 is 0 Å². The summed E-state index contributed by atoms with van der Waals surface area (Å²) < 4.78 is 0. The van der Waals surface area contributed by atoms with Crippen LogP contribution < -0.4 is 0 Å². The molecule has 0 N–H and O–H groups in total. The summed E-state index contributed by atoms with van der Waals surface area (Å²) in [4.78, 5) is 2.78. The van der Waals surface area contributed by atoms with Crippen LogP contribution in [0.1, 0.15) is 79.1 Å². The Bertz CT molecular complexity index is 190.